The van der Waals surface area contributed by atoms with E-state index >= 15 is 0 Å². The molecule has 0 saturated carbocycles. The standard InChI is InChI=1S/C18H16N6O7/c1-31-15-3-2-10(4-12(15)8-23-9-19-18(22-23)24(29)30)7-20-21-17(28)11-5-13(25)16(27)14(26)6-11/h2-7,9H,8H2,1H3,(H4-,21,25,26,27,28,29,30)/p+1/b20-7+. The van der Waals surface area contributed by atoms with Crippen molar-refractivity contribution in [3.05, 3.63) is 58.3 Å². The van der Waals surface area contributed by atoms with Crippen LogP contribution in [0.1, 0.15) is 21.5 Å². The van der Waals surface area contributed by atoms with E-state index in [1.807, 2.05) is 0 Å². The number of hydrogen-bond donors (Lipinski definition) is 5. The molecule has 0 saturated heterocycles. The smallest absolute Gasteiger partial charge is 0.504 e. The second-order valence-electron chi connectivity index (χ2n) is 6.15. The van der Waals surface area contributed by atoms with Gasteiger partial charge < -0.3 is 25.3 Å². The van der Waals surface area contributed by atoms with E-state index in [9.17, 15) is 25.0 Å². The van der Waals surface area contributed by atoms with Crippen molar-refractivity contribution < 1.29 is 35.0 Å². The monoisotopic (exact) mass is 429 g/mol. The number of aromatic hydroxyl groups is 3. The molecule has 3 aromatic rings. The average Bonchev–Trinajstić information content (AvgIpc) is 3.20. The minimum absolute atomic E-state index is 0.112. The normalized spacial score (nSPS) is 10.9. The Morgan fingerprint density at radius 1 is 1.26 bits per heavy atom. The van der Waals surface area contributed by atoms with Gasteiger partial charge in [-0.25, -0.2) is 5.43 Å². The highest BCUT2D eigenvalue weighted by molar-refractivity contribution is 5.96. The van der Waals surface area contributed by atoms with Gasteiger partial charge in [0.15, 0.2) is 22.2 Å². The summed E-state index contributed by atoms with van der Waals surface area (Å²) in [5.74, 6) is -2.64. The first-order valence-corrected chi connectivity index (χ1v) is 8.59. The van der Waals surface area contributed by atoms with Crippen LogP contribution in [0.4, 0.5) is 5.95 Å². The maximum absolute atomic E-state index is 12.1. The third kappa shape index (κ3) is 4.84. The zero-order chi connectivity index (χ0) is 22.5. The average molecular weight is 429 g/mol. The van der Waals surface area contributed by atoms with Gasteiger partial charge >= 0.3 is 5.95 Å². The SMILES string of the molecule is COc1ccc(/C=N/NC(=O)c2cc(O)c(O)c(O)c2)cc1Cn1cnc([N+](=O)O)n1. The first-order chi connectivity index (χ1) is 14.8. The summed E-state index contributed by atoms with van der Waals surface area (Å²) in [5, 5.41) is 44.8. The number of methoxy groups -OCH3 is 1. The molecular weight excluding hydrogens is 412 g/mol. The van der Waals surface area contributed by atoms with Crippen LogP contribution in [-0.2, 0) is 6.54 Å². The molecule has 0 radical (unpaired) electrons. The van der Waals surface area contributed by atoms with Crippen LogP contribution in [0, 0.1) is 4.91 Å². The summed E-state index contributed by atoms with van der Waals surface area (Å²) in [4.78, 5) is 26.1. The number of ether oxygens (including phenoxy) is 1. The van der Waals surface area contributed by atoms with Gasteiger partial charge in [-0.15, -0.1) is 0 Å². The Bertz CT molecular complexity index is 1150. The number of carbonyl (C=O) groups excluding carboxylic acids is 1. The molecular formula is C18H17N6O7+. The van der Waals surface area contributed by atoms with Gasteiger partial charge in [0.25, 0.3) is 5.91 Å². The van der Waals surface area contributed by atoms with Gasteiger partial charge in [0, 0.05) is 16.2 Å². The number of hydrogen-bond acceptors (Lipinski definition) is 9. The van der Waals surface area contributed by atoms with E-state index in [1.165, 1.54) is 24.3 Å². The number of carbonyl (C=O) groups is 1. The van der Waals surface area contributed by atoms with Gasteiger partial charge in [-0.05, 0) is 40.9 Å². The maximum Gasteiger partial charge on any atom is 0.531 e. The molecule has 13 nitrogen and oxygen atoms in total. The summed E-state index contributed by atoms with van der Waals surface area (Å²) in [7, 11) is 1.48. The molecule has 0 unspecified atom stereocenters. The minimum Gasteiger partial charge on any atom is -0.504 e. The van der Waals surface area contributed by atoms with Crippen molar-refractivity contribution in [1.82, 2.24) is 20.2 Å². The third-order valence-corrected chi connectivity index (χ3v) is 4.04. The second kappa shape index (κ2) is 8.77. The molecule has 2 aromatic carbocycles. The van der Waals surface area contributed by atoms with E-state index in [1.54, 1.807) is 18.2 Å². The van der Waals surface area contributed by atoms with Crippen molar-refractivity contribution in [2.75, 3.05) is 7.11 Å². The molecule has 13 heteroatoms. The van der Waals surface area contributed by atoms with Crippen molar-refractivity contribution in [1.29, 1.82) is 0 Å². The number of nitrogens with one attached hydrogen (secondary N) is 1. The lowest BCUT2D eigenvalue weighted by Crippen LogP contribution is -2.17. The van der Waals surface area contributed by atoms with Crippen LogP contribution in [0.2, 0.25) is 0 Å². The molecule has 0 bridgehead atoms. The van der Waals surface area contributed by atoms with Gasteiger partial charge in [0.05, 0.1) is 19.9 Å². The molecule has 3 rings (SSSR count). The largest absolute Gasteiger partial charge is 0.531 e. The Balaban J connectivity index is 1.74. The Labute approximate surface area is 174 Å². The van der Waals surface area contributed by atoms with Crippen molar-refractivity contribution >= 4 is 18.1 Å². The molecule has 1 aromatic heterocycles. The molecule has 0 fully saturated rings. The highest BCUT2D eigenvalue weighted by Crippen LogP contribution is 2.35. The number of amides is 1. The van der Waals surface area contributed by atoms with Crippen LogP contribution in [0.15, 0.2) is 41.8 Å². The first-order valence-electron chi connectivity index (χ1n) is 8.59. The topological polar surface area (TPSA) is 182 Å². The van der Waals surface area contributed by atoms with Crippen LogP contribution in [-0.4, -0.2) is 59.4 Å². The number of phenolic OH excluding ortho intramolecular Hbond substituents is 3. The molecule has 0 atom stereocenters. The number of hydrazone groups is 1. The molecule has 31 heavy (non-hydrogen) atoms. The lowest BCUT2D eigenvalue weighted by molar-refractivity contribution is -0.734. The highest BCUT2D eigenvalue weighted by Gasteiger charge is 2.19. The molecule has 5 N–H and O–H groups in total. The van der Waals surface area contributed by atoms with Gasteiger partial charge in [-0.3, -0.25) is 4.79 Å². The van der Waals surface area contributed by atoms with Crippen LogP contribution in [0.5, 0.6) is 23.0 Å². The predicted octanol–water partition coefficient (Wildman–Crippen LogP) is 1.02. The summed E-state index contributed by atoms with van der Waals surface area (Å²) in [6.45, 7) is 0.171. The van der Waals surface area contributed by atoms with E-state index in [-0.39, 0.29) is 12.1 Å². The van der Waals surface area contributed by atoms with Crippen LogP contribution < -0.4 is 10.2 Å². The van der Waals surface area contributed by atoms with Crippen LogP contribution >= 0.6 is 0 Å². The number of benzene rings is 2. The highest BCUT2D eigenvalue weighted by atomic mass is 16.6. The Morgan fingerprint density at radius 3 is 2.58 bits per heavy atom. The third-order valence-electron chi connectivity index (χ3n) is 4.04. The lowest BCUT2D eigenvalue weighted by Gasteiger charge is -2.08. The van der Waals surface area contributed by atoms with E-state index in [0.717, 1.165) is 12.1 Å². The van der Waals surface area contributed by atoms with Gasteiger partial charge in [-0.2, -0.15) is 9.78 Å². The number of rotatable bonds is 7. The van der Waals surface area contributed by atoms with E-state index in [0.29, 0.717) is 16.9 Å². The molecule has 0 aliphatic rings. The Hall–Kier alpha value is -4.68. The number of nitrogens with zero attached hydrogens (tertiary/aromatic N) is 5. The van der Waals surface area contributed by atoms with Gasteiger partial charge in [-0.1, -0.05) is 4.91 Å². The quantitative estimate of drug-likeness (QED) is 0.208. The predicted molar refractivity (Wildman–Crippen MR) is 104 cm³/mol. The zero-order valence-corrected chi connectivity index (χ0v) is 16.0. The fourth-order valence-corrected chi connectivity index (χ4v) is 2.59. The number of phenols is 3. The van der Waals surface area contributed by atoms with Crippen LogP contribution in [0.3, 0.4) is 0 Å². The fraction of sp³-hybridized carbons (Fsp3) is 0.111. The van der Waals surface area contributed by atoms with E-state index in [2.05, 4.69) is 20.6 Å². The van der Waals surface area contributed by atoms with Crippen molar-refractivity contribution in [2.45, 2.75) is 6.54 Å². The Kier molecular flexibility index (Phi) is 5.95. The first kappa shape index (κ1) is 21.0. The summed E-state index contributed by atoms with van der Waals surface area (Å²) < 4.78 is 6.61. The minimum atomic E-state index is -0.729. The molecule has 0 aliphatic carbocycles. The molecule has 160 valence electrons. The number of aromatic nitrogens is 3. The van der Waals surface area contributed by atoms with E-state index < -0.39 is 34.0 Å². The van der Waals surface area contributed by atoms with Crippen LogP contribution in [0.25, 0.3) is 0 Å². The summed E-state index contributed by atoms with van der Waals surface area (Å²) in [6.07, 6.45) is 2.61. The zero-order valence-electron chi connectivity index (χ0n) is 16.0. The molecule has 1 heterocycles. The van der Waals surface area contributed by atoms with Gasteiger partial charge in [0.1, 0.15) is 5.75 Å². The molecule has 0 spiro atoms. The molecule has 0 aliphatic heterocycles. The summed E-state index contributed by atoms with van der Waals surface area (Å²) in [6, 6.07) is 7.00. The lowest BCUT2D eigenvalue weighted by atomic mass is 10.1. The Morgan fingerprint density at radius 2 is 1.97 bits per heavy atom. The van der Waals surface area contributed by atoms with E-state index in [4.69, 9.17) is 9.94 Å². The van der Waals surface area contributed by atoms with Crippen molar-refractivity contribution in [2.24, 2.45) is 5.10 Å². The molecule has 1 amide bonds. The second-order valence-corrected chi connectivity index (χ2v) is 6.15. The summed E-state index contributed by atoms with van der Waals surface area (Å²) >= 11 is 0. The fourth-order valence-electron chi connectivity index (χ4n) is 2.59. The summed E-state index contributed by atoms with van der Waals surface area (Å²) in [5.41, 5.74) is 3.36. The van der Waals surface area contributed by atoms with Crippen molar-refractivity contribution in [3.8, 4) is 23.0 Å². The van der Waals surface area contributed by atoms with Crippen molar-refractivity contribution in [3.63, 3.8) is 0 Å². The van der Waals surface area contributed by atoms with Gasteiger partial charge in [0.2, 0.25) is 6.33 Å². The maximum atomic E-state index is 12.1.